The third-order valence-corrected chi connectivity index (χ3v) is 1.67. The van der Waals surface area contributed by atoms with Gasteiger partial charge in [-0.15, -0.1) is 0 Å². The molecule has 0 aliphatic rings. The number of carbonyl (C=O) groups excluding carboxylic acids is 1. The maximum atomic E-state index is 11.5. The smallest absolute Gasteiger partial charge is 0.269 e. The van der Waals surface area contributed by atoms with Gasteiger partial charge in [0.2, 0.25) is 5.96 Å². The van der Waals surface area contributed by atoms with Gasteiger partial charge in [0.25, 0.3) is 5.91 Å². The zero-order chi connectivity index (χ0) is 10.6. The summed E-state index contributed by atoms with van der Waals surface area (Å²) < 4.78 is 0. The number of nitrogens with zero attached hydrogens (tertiary/aromatic N) is 1. The molecule has 74 valence electrons. The van der Waals surface area contributed by atoms with Crippen LogP contribution in [0.25, 0.3) is 0 Å². The van der Waals surface area contributed by atoms with E-state index in [2.05, 4.69) is 5.43 Å². The highest BCUT2D eigenvalue weighted by atomic mass is 16.2. The number of guanidine groups is 1. The molecule has 0 atom stereocenters. The molecule has 0 saturated carbocycles. The molecule has 0 heterocycles. The summed E-state index contributed by atoms with van der Waals surface area (Å²) in [5, 5.41) is 8.19. The van der Waals surface area contributed by atoms with Crippen molar-refractivity contribution in [2.75, 3.05) is 7.05 Å². The second kappa shape index (κ2) is 4.27. The molecule has 0 aliphatic heterocycles. The summed E-state index contributed by atoms with van der Waals surface area (Å²) in [6.07, 6.45) is 0. The van der Waals surface area contributed by atoms with E-state index >= 15 is 0 Å². The molecule has 5 nitrogen and oxygen atoms in total. The minimum atomic E-state index is -0.289. The second-order valence-corrected chi connectivity index (χ2v) is 2.75. The number of nitrogens with two attached hydrogens (primary N) is 1. The van der Waals surface area contributed by atoms with Crippen LogP contribution in [0.1, 0.15) is 10.4 Å². The number of nitrogens with one attached hydrogen (secondary N) is 2. The van der Waals surface area contributed by atoms with Crippen LogP contribution in [-0.2, 0) is 0 Å². The van der Waals surface area contributed by atoms with Crippen LogP contribution in [0.5, 0.6) is 0 Å². The van der Waals surface area contributed by atoms with E-state index in [9.17, 15) is 4.79 Å². The lowest BCUT2D eigenvalue weighted by atomic mass is 10.2. The molecular formula is C9H12N4O. The van der Waals surface area contributed by atoms with Crippen LogP contribution in [-0.4, -0.2) is 23.9 Å². The van der Waals surface area contributed by atoms with Gasteiger partial charge in [0.1, 0.15) is 0 Å². The molecule has 1 rings (SSSR count). The SMILES string of the molecule is CN(NC(=O)c1ccccc1)C(=N)N. The van der Waals surface area contributed by atoms with Gasteiger partial charge in [-0.05, 0) is 12.1 Å². The van der Waals surface area contributed by atoms with Crippen molar-refractivity contribution in [3.05, 3.63) is 35.9 Å². The average Bonchev–Trinajstić information content (AvgIpc) is 2.19. The summed E-state index contributed by atoms with van der Waals surface area (Å²) in [6.45, 7) is 0. The fraction of sp³-hybridized carbons (Fsp3) is 0.111. The van der Waals surface area contributed by atoms with Crippen LogP contribution in [0.4, 0.5) is 0 Å². The first-order valence-electron chi connectivity index (χ1n) is 4.05. The molecule has 0 fully saturated rings. The van der Waals surface area contributed by atoms with Gasteiger partial charge in [0.15, 0.2) is 0 Å². The molecule has 5 heteroatoms. The molecular weight excluding hydrogens is 180 g/mol. The number of hydrazine groups is 1. The fourth-order valence-electron chi connectivity index (χ4n) is 0.867. The Labute approximate surface area is 82.0 Å². The molecule has 4 N–H and O–H groups in total. The van der Waals surface area contributed by atoms with E-state index in [1.165, 1.54) is 7.05 Å². The van der Waals surface area contributed by atoms with Gasteiger partial charge in [-0.1, -0.05) is 18.2 Å². The Hall–Kier alpha value is -2.04. The van der Waals surface area contributed by atoms with Crippen LogP contribution >= 0.6 is 0 Å². The van der Waals surface area contributed by atoms with Crippen LogP contribution in [0.2, 0.25) is 0 Å². The number of hydrogen-bond acceptors (Lipinski definition) is 2. The highest BCUT2D eigenvalue weighted by molar-refractivity contribution is 5.95. The summed E-state index contributed by atoms with van der Waals surface area (Å²) >= 11 is 0. The topological polar surface area (TPSA) is 82.2 Å². The van der Waals surface area contributed by atoms with Crippen molar-refractivity contribution in [1.29, 1.82) is 5.41 Å². The number of carbonyl (C=O) groups is 1. The minimum absolute atomic E-state index is 0.214. The van der Waals surface area contributed by atoms with Crippen molar-refractivity contribution < 1.29 is 4.79 Å². The van der Waals surface area contributed by atoms with Crippen LogP contribution < -0.4 is 11.2 Å². The normalized spacial score (nSPS) is 9.21. The predicted molar refractivity (Wildman–Crippen MR) is 53.6 cm³/mol. The van der Waals surface area contributed by atoms with Crippen molar-refractivity contribution in [1.82, 2.24) is 10.4 Å². The molecule has 0 spiro atoms. The third kappa shape index (κ3) is 2.48. The third-order valence-electron chi connectivity index (χ3n) is 1.67. The lowest BCUT2D eigenvalue weighted by molar-refractivity contribution is 0.0885. The Balaban J connectivity index is 2.64. The van der Waals surface area contributed by atoms with Crippen LogP contribution in [0.3, 0.4) is 0 Å². The van der Waals surface area contributed by atoms with Crippen LogP contribution in [0, 0.1) is 5.41 Å². The Bertz CT molecular complexity index is 336. The maximum absolute atomic E-state index is 11.5. The van der Waals surface area contributed by atoms with E-state index in [1.54, 1.807) is 24.3 Å². The van der Waals surface area contributed by atoms with Gasteiger partial charge in [-0.2, -0.15) is 0 Å². The zero-order valence-corrected chi connectivity index (χ0v) is 7.82. The van der Waals surface area contributed by atoms with Crippen LogP contribution in [0.15, 0.2) is 30.3 Å². The van der Waals surface area contributed by atoms with Crippen molar-refractivity contribution in [2.45, 2.75) is 0 Å². The molecule has 1 aromatic carbocycles. The monoisotopic (exact) mass is 192 g/mol. The van der Waals surface area contributed by atoms with E-state index < -0.39 is 0 Å². The Morgan fingerprint density at radius 1 is 1.43 bits per heavy atom. The molecule has 0 radical (unpaired) electrons. The van der Waals surface area contributed by atoms with Gasteiger partial charge in [-0.25, -0.2) is 0 Å². The summed E-state index contributed by atoms with van der Waals surface area (Å²) in [5.41, 5.74) is 8.13. The predicted octanol–water partition coefficient (Wildman–Crippen LogP) is 0.157. The first-order chi connectivity index (χ1) is 6.61. The standard InChI is InChI=1S/C9H12N4O/c1-13(9(10)11)12-8(14)7-5-3-2-4-6-7/h2-6H,1H3,(H3,10,11)(H,12,14). The minimum Gasteiger partial charge on any atom is -0.369 e. The molecule has 0 unspecified atom stereocenters. The quantitative estimate of drug-likeness (QED) is 0.336. The van der Waals surface area contributed by atoms with Crippen molar-refractivity contribution >= 4 is 11.9 Å². The lowest BCUT2D eigenvalue weighted by Crippen LogP contribution is -2.46. The van der Waals surface area contributed by atoms with Crippen molar-refractivity contribution in [2.24, 2.45) is 5.73 Å². The largest absolute Gasteiger partial charge is 0.369 e. The number of rotatable bonds is 1. The maximum Gasteiger partial charge on any atom is 0.269 e. The van der Waals surface area contributed by atoms with Gasteiger partial charge < -0.3 is 5.73 Å². The molecule has 0 aliphatic carbocycles. The van der Waals surface area contributed by atoms with Crippen molar-refractivity contribution in [3.8, 4) is 0 Å². The molecule has 0 saturated heterocycles. The average molecular weight is 192 g/mol. The first kappa shape index (κ1) is 10.0. The summed E-state index contributed by atoms with van der Waals surface area (Å²) in [6, 6.07) is 8.73. The van der Waals surface area contributed by atoms with Crippen molar-refractivity contribution in [3.63, 3.8) is 0 Å². The Kier molecular flexibility index (Phi) is 3.06. The van der Waals surface area contributed by atoms with E-state index in [1.807, 2.05) is 6.07 Å². The Morgan fingerprint density at radius 2 is 2.00 bits per heavy atom. The summed E-state index contributed by atoms with van der Waals surface area (Å²) in [7, 11) is 1.50. The molecule has 1 amide bonds. The zero-order valence-electron chi connectivity index (χ0n) is 7.82. The van der Waals surface area contributed by atoms with Gasteiger partial charge >= 0.3 is 0 Å². The molecule has 1 aromatic rings. The highest BCUT2D eigenvalue weighted by Crippen LogP contribution is 1.97. The second-order valence-electron chi connectivity index (χ2n) is 2.75. The molecule has 0 bridgehead atoms. The van der Waals surface area contributed by atoms with Gasteiger partial charge in [0, 0.05) is 12.6 Å². The molecule has 14 heavy (non-hydrogen) atoms. The van der Waals surface area contributed by atoms with E-state index in [4.69, 9.17) is 11.1 Å². The van der Waals surface area contributed by atoms with E-state index in [0.29, 0.717) is 5.56 Å². The van der Waals surface area contributed by atoms with Gasteiger partial charge in [0.05, 0.1) is 0 Å². The Morgan fingerprint density at radius 3 is 2.50 bits per heavy atom. The van der Waals surface area contributed by atoms with E-state index in [0.717, 1.165) is 5.01 Å². The highest BCUT2D eigenvalue weighted by Gasteiger charge is 2.07. The fourth-order valence-corrected chi connectivity index (χ4v) is 0.867. The number of benzene rings is 1. The molecule has 0 aromatic heterocycles. The van der Waals surface area contributed by atoms with E-state index in [-0.39, 0.29) is 11.9 Å². The van der Waals surface area contributed by atoms with Gasteiger partial charge in [-0.3, -0.25) is 20.6 Å². The number of amides is 1. The summed E-state index contributed by atoms with van der Waals surface area (Å²) in [5.74, 6) is -0.502. The first-order valence-corrected chi connectivity index (χ1v) is 4.05. The number of hydrogen-bond donors (Lipinski definition) is 3. The summed E-state index contributed by atoms with van der Waals surface area (Å²) in [4.78, 5) is 11.5. The lowest BCUT2D eigenvalue weighted by Gasteiger charge is -2.17.